The zero-order chi connectivity index (χ0) is 19.2. The number of rotatable bonds is 7. The Balaban J connectivity index is 1.25. The number of carbonyl (C=O) groups excluding carboxylic acids is 1. The molecule has 1 amide bonds. The van der Waals surface area contributed by atoms with E-state index < -0.39 is 0 Å². The molecule has 0 aliphatic rings. The summed E-state index contributed by atoms with van der Waals surface area (Å²) < 4.78 is 1.15. The van der Waals surface area contributed by atoms with E-state index in [2.05, 4.69) is 26.7 Å². The summed E-state index contributed by atoms with van der Waals surface area (Å²) in [4.78, 5) is 22.2. The predicted octanol–water partition coefficient (Wildman–Crippen LogP) is 4.68. The minimum atomic E-state index is -0.0829. The summed E-state index contributed by atoms with van der Waals surface area (Å²) in [6.07, 6.45) is 1.77. The molecule has 2 aromatic heterocycles. The first-order chi connectivity index (χ1) is 13.8. The van der Waals surface area contributed by atoms with Crippen LogP contribution in [0.5, 0.6) is 0 Å². The van der Waals surface area contributed by atoms with Crippen molar-refractivity contribution < 1.29 is 4.79 Å². The van der Waals surface area contributed by atoms with Crippen LogP contribution in [0.1, 0.15) is 10.4 Å². The highest BCUT2D eigenvalue weighted by Crippen LogP contribution is 2.26. The van der Waals surface area contributed by atoms with E-state index >= 15 is 0 Å². The van der Waals surface area contributed by atoms with Gasteiger partial charge in [0.2, 0.25) is 0 Å². The first kappa shape index (κ1) is 18.5. The molecule has 0 aliphatic heterocycles. The fraction of sp³-hybridized carbons (Fsp3) is 0.0952. The van der Waals surface area contributed by atoms with Crippen LogP contribution in [0.3, 0.4) is 0 Å². The molecule has 2 heterocycles. The maximum Gasteiger partial charge on any atom is 0.251 e. The van der Waals surface area contributed by atoms with Crippen LogP contribution in [0.2, 0.25) is 0 Å². The van der Waals surface area contributed by atoms with Crippen molar-refractivity contribution in [3.8, 4) is 0 Å². The number of fused-ring (bicyclic) bond motifs is 1. The third-order valence-electron chi connectivity index (χ3n) is 3.96. The summed E-state index contributed by atoms with van der Waals surface area (Å²) >= 11 is 3.18. The number of amides is 1. The van der Waals surface area contributed by atoms with Gasteiger partial charge in [-0.3, -0.25) is 4.79 Å². The molecule has 0 bridgehead atoms. The lowest BCUT2D eigenvalue weighted by molar-refractivity contribution is 0.0955. The van der Waals surface area contributed by atoms with Gasteiger partial charge < -0.3 is 10.6 Å². The maximum atomic E-state index is 12.3. The highest BCUT2D eigenvalue weighted by atomic mass is 32.2. The molecule has 0 unspecified atom stereocenters. The van der Waals surface area contributed by atoms with Crippen molar-refractivity contribution in [1.29, 1.82) is 0 Å². The highest BCUT2D eigenvalue weighted by Gasteiger charge is 2.06. The van der Waals surface area contributed by atoms with Crippen molar-refractivity contribution in [3.05, 3.63) is 78.5 Å². The molecule has 0 fully saturated rings. The normalized spacial score (nSPS) is 10.7. The topological polar surface area (TPSA) is 66.9 Å². The molecule has 2 aromatic carbocycles. The number of thiazole rings is 1. The first-order valence-electron chi connectivity index (χ1n) is 8.84. The zero-order valence-electron chi connectivity index (χ0n) is 15.0. The van der Waals surface area contributed by atoms with Gasteiger partial charge in [0.1, 0.15) is 5.03 Å². The molecular formula is C21H18N4OS2. The van der Waals surface area contributed by atoms with E-state index in [-0.39, 0.29) is 5.91 Å². The van der Waals surface area contributed by atoms with Crippen molar-refractivity contribution >= 4 is 44.4 Å². The van der Waals surface area contributed by atoms with Gasteiger partial charge in [0.05, 0.1) is 10.2 Å². The van der Waals surface area contributed by atoms with Crippen molar-refractivity contribution in [3.63, 3.8) is 0 Å². The second kappa shape index (κ2) is 8.86. The van der Waals surface area contributed by atoms with E-state index in [0.29, 0.717) is 18.7 Å². The van der Waals surface area contributed by atoms with Crippen LogP contribution in [0.25, 0.3) is 10.2 Å². The Labute approximate surface area is 171 Å². The van der Waals surface area contributed by atoms with Gasteiger partial charge >= 0.3 is 0 Å². The second-order valence-corrected chi connectivity index (χ2v) is 8.09. The number of aromatic nitrogens is 2. The average Bonchev–Trinajstić information content (AvgIpc) is 3.15. The van der Waals surface area contributed by atoms with E-state index in [4.69, 9.17) is 0 Å². The number of hydrogen-bond acceptors (Lipinski definition) is 6. The molecule has 0 radical (unpaired) electrons. The quantitative estimate of drug-likeness (QED) is 0.436. The average molecular weight is 407 g/mol. The zero-order valence-corrected chi connectivity index (χ0v) is 16.6. The summed E-state index contributed by atoms with van der Waals surface area (Å²) in [7, 11) is 0. The fourth-order valence-corrected chi connectivity index (χ4v) is 4.26. The van der Waals surface area contributed by atoms with Gasteiger partial charge in [-0.15, -0.1) is 0 Å². The number of para-hydroxylation sites is 1. The summed E-state index contributed by atoms with van der Waals surface area (Å²) in [5, 5.41) is 7.99. The molecule has 4 aromatic rings. The second-order valence-electron chi connectivity index (χ2n) is 5.96. The molecule has 0 spiro atoms. The van der Waals surface area contributed by atoms with Crippen LogP contribution < -0.4 is 10.6 Å². The van der Waals surface area contributed by atoms with Gasteiger partial charge in [-0.2, -0.15) is 0 Å². The molecule has 5 nitrogen and oxygen atoms in total. The number of nitrogens with zero attached hydrogens (tertiary/aromatic N) is 2. The molecule has 0 atom stereocenters. The lowest BCUT2D eigenvalue weighted by Crippen LogP contribution is -2.28. The maximum absolute atomic E-state index is 12.3. The highest BCUT2D eigenvalue weighted by molar-refractivity contribution is 7.99. The van der Waals surface area contributed by atoms with E-state index in [1.807, 2.05) is 60.7 Å². The van der Waals surface area contributed by atoms with Crippen molar-refractivity contribution in [2.24, 2.45) is 0 Å². The van der Waals surface area contributed by atoms with Crippen LogP contribution in [0.15, 0.2) is 82.8 Å². The van der Waals surface area contributed by atoms with Gasteiger partial charge in [0.15, 0.2) is 5.13 Å². The van der Waals surface area contributed by atoms with Gasteiger partial charge in [0, 0.05) is 29.7 Å². The van der Waals surface area contributed by atoms with Crippen molar-refractivity contribution in [2.75, 3.05) is 18.4 Å². The molecular weight excluding hydrogens is 388 g/mol. The SMILES string of the molecule is O=C(NCCNc1nc2ccccc2s1)c1ccc(Sc2ccccn2)cc1. The summed E-state index contributed by atoms with van der Waals surface area (Å²) in [6.45, 7) is 1.15. The summed E-state index contributed by atoms with van der Waals surface area (Å²) in [6, 6.07) is 21.4. The third-order valence-corrected chi connectivity index (χ3v) is 5.91. The van der Waals surface area contributed by atoms with Crippen molar-refractivity contribution in [1.82, 2.24) is 15.3 Å². The predicted molar refractivity (Wildman–Crippen MR) is 115 cm³/mol. The molecule has 0 saturated carbocycles. The van der Waals surface area contributed by atoms with Gasteiger partial charge in [-0.25, -0.2) is 9.97 Å². The molecule has 0 saturated heterocycles. The van der Waals surface area contributed by atoms with Crippen LogP contribution in [0.4, 0.5) is 5.13 Å². The Hall–Kier alpha value is -2.90. The largest absolute Gasteiger partial charge is 0.360 e. The third kappa shape index (κ3) is 4.68. The standard InChI is InChI=1S/C21H18N4OS2/c26-20(15-8-10-16(11-9-15)27-19-7-3-4-12-22-19)23-13-14-24-21-25-17-5-1-2-6-18(17)28-21/h1-12H,13-14H2,(H,23,26)(H,24,25). The molecule has 0 aliphatic carbocycles. The molecule has 4 rings (SSSR count). The smallest absolute Gasteiger partial charge is 0.251 e. The Morgan fingerprint density at radius 1 is 0.964 bits per heavy atom. The van der Waals surface area contributed by atoms with Gasteiger partial charge in [0.25, 0.3) is 5.91 Å². The Morgan fingerprint density at radius 2 is 1.79 bits per heavy atom. The number of pyridine rings is 1. The molecule has 140 valence electrons. The minimum absolute atomic E-state index is 0.0829. The molecule has 28 heavy (non-hydrogen) atoms. The van der Waals surface area contributed by atoms with E-state index in [0.717, 1.165) is 25.3 Å². The van der Waals surface area contributed by atoms with Crippen molar-refractivity contribution in [2.45, 2.75) is 9.92 Å². The lowest BCUT2D eigenvalue weighted by Gasteiger charge is -2.07. The van der Waals surface area contributed by atoms with Gasteiger partial charge in [-0.05, 0) is 48.5 Å². The Bertz CT molecular complexity index is 1030. The monoisotopic (exact) mass is 406 g/mol. The van der Waals surface area contributed by atoms with E-state index in [9.17, 15) is 4.79 Å². The number of nitrogens with one attached hydrogen (secondary N) is 2. The number of benzene rings is 2. The number of carbonyl (C=O) groups is 1. The van der Waals surface area contributed by atoms with Crippen LogP contribution >= 0.6 is 23.1 Å². The fourth-order valence-electron chi connectivity index (χ4n) is 2.60. The first-order valence-corrected chi connectivity index (χ1v) is 10.5. The van der Waals surface area contributed by atoms with E-state index in [1.54, 1.807) is 29.3 Å². The number of hydrogen-bond donors (Lipinski definition) is 2. The van der Waals surface area contributed by atoms with Crippen LogP contribution in [-0.4, -0.2) is 29.0 Å². The van der Waals surface area contributed by atoms with E-state index in [1.165, 1.54) is 0 Å². The molecule has 7 heteroatoms. The van der Waals surface area contributed by atoms with Crippen LogP contribution in [-0.2, 0) is 0 Å². The van der Waals surface area contributed by atoms with Gasteiger partial charge in [-0.1, -0.05) is 41.3 Å². The van der Waals surface area contributed by atoms with Crippen LogP contribution in [0, 0.1) is 0 Å². The Morgan fingerprint density at radius 3 is 2.57 bits per heavy atom. The Kier molecular flexibility index (Phi) is 5.84. The summed E-state index contributed by atoms with van der Waals surface area (Å²) in [5.74, 6) is -0.0829. The molecule has 2 N–H and O–H groups in total. The summed E-state index contributed by atoms with van der Waals surface area (Å²) in [5.41, 5.74) is 1.63. The minimum Gasteiger partial charge on any atom is -0.360 e. The lowest BCUT2D eigenvalue weighted by atomic mass is 10.2. The number of anilines is 1.